The lowest BCUT2D eigenvalue weighted by Crippen LogP contribution is -2.52. The molecule has 2 aromatic rings. The standard InChI is InChI=1S/C20H21F3N4O3/c1-19(2,3)30-18(28)26-9-13(10-26)11-27-12-15(8-25-27)17-6-16(29-20(21,22)23)5-4-14(17)7-24/h4-6,8,12-13H,9-11H2,1-3H3. The van der Waals surface area contributed by atoms with Gasteiger partial charge in [-0.25, -0.2) is 4.79 Å². The fourth-order valence-electron chi connectivity index (χ4n) is 3.08. The van der Waals surface area contributed by atoms with Crippen molar-refractivity contribution in [1.29, 1.82) is 5.26 Å². The fraction of sp³-hybridized carbons (Fsp3) is 0.450. The molecular formula is C20H21F3N4O3. The number of amides is 1. The molecule has 0 bridgehead atoms. The number of ether oxygens (including phenoxy) is 2. The van der Waals surface area contributed by atoms with E-state index in [2.05, 4.69) is 9.84 Å². The lowest BCUT2D eigenvalue weighted by Gasteiger charge is -2.39. The number of nitrogens with zero attached hydrogens (tertiary/aromatic N) is 4. The molecule has 0 spiro atoms. The number of rotatable bonds is 4. The molecule has 1 aliphatic rings. The maximum absolute atomic E-state index is 12.5. The number of hydrogen-bond donors (Lipinski definition) is 0. The van der Waals surface area contributed by atoms with E-state index in [1.54, 1.807) is 36.5 Å². The molecule has 0 radical (unpaired) electrons. The van der Waals surface area contributed by atoms with Crippen molar-refractivity contribution in [2.24, 2.45) is 5.92 Å². The first kappa shape index (κ1) is 21.5. The third kappa shape index (κ3) is 5.43. The van der Waals surface area contributed by atoms with Crippen LogP contribution in [0.1, 0.15) is 26.3 Å². The average molecular weight is 422 g/mol. The fourth-order valence-corrected chi connectivity index (χ4v) is 3.08. The molecule has 0 aliphatic carbocycles. The molecule has 0 saturated carbocycles. The molecule has 0 N–H and O–H groups in total. The molecule has 1 aromatic carbocycles. The molecule has 30 heavy (non-hydrogen) atoms. The summed E-state index contributed by atoms with van der Waals surface area (Å²) >= 11 is 0. The van der Waals surface area contributed by atoms with Crippen molar-refractivity contribution in [3.63, 3.8) is 0 Å². The van der Waals surface area contributed by atoms with Gasteiger partial charge >= 0.3 is 12.5 Å². The van der Waals surface area contributed by atoms with Crippen molar-refractivity contribution >= 4 is 6.09 Å². The highest BCUT2D eigenvalue weighted by Gasteiger charge is 2.34. The SMILES string of the molecule is CC(C)(C)OC(=O)N1CC(Cn2cc(-c3cc(OC(F)(F)F)ccc3C#N)cn2)C1. The number of hydrogen-bond acceptors (Lipinski definition) is 5. The Morgan fingerprint density at radius 1 is 1.30 bits per heavy atom. The van der Waals surface area contributed by atoms with Gasteiger partial charge in [-0.2, -0.15) is 10.4 Å². The number of benzene rings is 1. The van der Waals surface area contributed by atoms with Gasteiger partial charge < -0.3 is 14.4 Å². The summed E-state index contributed by atoms with van der Waals surface area (Å²) < 4.78 is 48.4. The predicted molar refractivity (Wildman–Crippen MR) is 100 cm³/mol. The van der Waals surface area contributed by atoms with Crippen LogP contribution in [0.5, 0.6) is 5.75 Å². The second-order valence-electron chi connectivity index (χ2n) is 8.07. The smallest absolute Gasteiger partial charge is 0.444 e. The number of nitriles is 1. The van der Waals surface area contributed by atoms with E-state index in [9.17, 15) is 23.2 Å². The van der Waals surface area contributed by atoms with Gasteiger partial charge in [0.05, 0.1) is 17.8 Å². The van der Waals surface area contributed by atoms with E-state index in [4.69, 9.17) is 4.74 Å². The first-order chi connectivity index (χ1) is 13.9. The third-order valence-electron chi connectivity index (χ3n) is 4.34. The van der Waals surface area contributed by atoms with Crippen molar-refractivity contribution in [3.05, 3.63) is 36.2 Å². The van der Waals surface area contributed by atoms with Crippen LogP contribution in [0, 0.1) is 17.2 Å². The summed E-state index contributed by atoms with van der Waals surface area (Å²) in [5.74, 6) is -0.225. The molecule has 1 aliphatic heterocycles. The predicted octanol–water partition coefficient (Wildman–Crippen LogP) is 4.19. The maximum atomic E-state index is 12.5. The molecule has 160 valence electrons. The average Bonchev–Trinajstić information content (AvgIpc) is 3.03. The van der Waals surface area contributed by atoms with Gasteiger partial charge in [-0.05, 0) is 39.0 Å². The summed E-state index contributed by atoms with van der Waals surface area (Å²) in [6, 6.07) is 5.50. The zero-order valence-electron chi connectivity index (χ0n) is 16.7. The van der Waals surface area contributed by atoms with Gasteiger partial charge in [0.15, 0.2) is 0 Å². The van der Waals surface area contributed by atoms with Gasteiger partial charge in [0, 0.05) is 42.9 Å². The number of carbonyl (C=O) groups excluding carboxylic acids is 1. The van der Waals surface area contributed by atoms with E-state index in [1.165, 1.54) is 18.3 Å². The van der Waals surface area contributed by atoms with Gasteiger partial charge in [0.25, 0.3) is 0 Å². The molecule has 1 amide bonds. The van der Waals surface area contributed by atoms with Crippen molar-refractivity contribution in [2.75, 3.05) is 13.1 Å². The Hall–Kier alpha value is -3.22. The molecule has 1 fully saturated rings. The van der Waals surface area contributed by atoms with Crippen LogP contribution < -0.4 is 4.74 Å². The Labute approximate surface area is 171 Å². The Morgan fingerprint density at radius 2 is 2.00 bits per heavy atom. The molecule has 3 rings (SSSR count). The summed E-state index contributed by atoms with van der Waals surface area (Å²) in [7, 11) is 0. The van der Waals surface area contributed by atoms with Crippen LogP contribution in [0.3, 0.4) is 0 Å². The van der Waals surface area contributed by atoms with Crippen LogP contribution in [0.25, 0.3) is 11.1 Å². The summed E-state index contributed by atoms with van der Waals surface area (Å²) in [5.41, 5.74) is 0.461. The van der Waals surface area contributed by atoms with E-state index >= 15 is 0 Å². The summed E-state index contributed by atoms with van der Waals surface area (Å²) in [6.07, 6.45) is -2.04. The lowest BCUT2D eigenvalue weighted by atomic mass is 10.0. The van der Waals surface area contributed by atoms with Crippen molar-refractivity contribution in [3.8, 4) is 22.9 Å². The third-order valence-corrected chi connectivity index (χ3v) is 4.34. The minimum Gasteiger partial charge on any atom is -0.444 e. The van der Waals surface area contributed by atoms with E-state index in [-0.39, 0.29) is 17.6 Å². The molecule has 1 saturated heterocycles. The maximum Gasteiger partial charge on any atom is 0.573 e. The Morgan fingerprint density at radius 3 is 2.60 bits per heavy atom. The first-order valence-corrected chi connectivity index (χ1v) is 9.24. The monoisotopic (exact) mass is 422 g/mol. The number of halogens is 3. The second-order valence-corrected chi connectivity index (χ2v) is 8.07. The molecule has 0 atom stereocenters. The topological polar surface area (TPSA) is 80.4 Å². The van der Waals surface area contributed by atoms with Gasteiger partial charge in [0.1, 0.15) is 11.4 Å². The molecule has 10 heteroatoms. The molecule has 0 unspecified atom stereocenters. The van der Waals surface area contributed by atoms with Gasteiger partial charge in [-0.1, -0.05) is 0 Å². The van der Waals surface area contributed by atoms with Gasteiger partial charge in [-0.3, -0.25) is 4.68 Å². The highest BCUT2D eigenvalue weighted by molar-refractivity contribution is 5.71. The quantitative estimate of drug-likeness (QED) is 0.738. The molecule has 1 aromatic heterocycles. The van der Waals surface area contributed by atoms with Crippen molar-refractivity contribution in [1.82, 2.24) is 14.7 Å². The van der Waals surface area contributed by atoms with Crippen LogP contribution >= 0.6 is 0 Å². The van der Waals surface area contributed by atoms with Crippen LogP contribution in [0.4, 0.5) is 18.0 Å². The summed E-state index contributed by atoms with van der Waals surface area (Å²) in [4.78, 5) is 13.6. The van der Waals surface area contributed by atoms with E-state index < -0.39 is 17.7 Å². The van der Waals surface area contributed by atoms with Crippen LogP contribution in [-0.2, 0) is 11.3 Å². The van der Waals surface area contributed by atoms with Crippen LogP contribution in [0.2, 0.25) is 0 Å². The minimum absolute atomic E-state index is 0.181. The van der Waals surface area contributed by atoms with Crippen LogP contribution in [0.15, 0.2) is 30.6 Å². The number of alkyl halides is 3. The van der Waals surface area contributed by atoms with Crippen molar-refractivity contribution in [2.45, 2.75) is 39.3 Å². The number of carbonyl (C=O) groups is 1. The lowest BCUT2D eigenvalue weighted by molar-refractivity contribution is -0.274. The number of likely N-dealkylation sites (tertiary alicyclic amines) is 1. The highest BCUT2D eigenvalue weighted by atomic mass is 19.4. The zero-order valence-corrected chi connectivity index (χ0v) is 16.7. The zero-order chi connectivity index (χ0) is 22.1. The van der Waals surface area contributed by atoms with Crippen molar-refractivity contribution < 1.29 is 27.4 Å². The Kier molecular flexibility index (Phi) is 5.65. The number of aromatic nitrogens is 2. The Bertz CT molecular complexity index is 967. The second kappa shape index (κ2) is 7.89. The first-order valence-electron chi connectivity index (χ1n) is 9.24. The highest BCUT2D eigenvalue weighted by Crippen LogP contribution is 2.31. The molecule has 2 heterocycles. The summed E-state index contributed by atoms with van der Waals surface area (Å²) in [6.45, 7) is 7.00. The Balaban J connectivity index is 1.65. The normalized spacial score (nSPS) is 14.8. The van der Waals surface area contributed by atoms with E-state index in [0.717, 1.165) is 6.07 Å². The van der Waals surface area contributed by atoms with Crippen LogP contribution in [-0.4, -0.2) is 45.8 Å². The minimum atomic E-state index is -4.82. The largest absolute Gasteiger partial charge is 0.573 e. The van der Waals surface area contributed by atoms with E-state index in [1.807, 2.05) is 6.07 Å². The van der Waals surface area contributed by atoms with Gasteiger partial charge in [-0.15, -0.1) is 13.2 Å². The van der Waals surface area contributed by atoms with E-state index in [0.29, 0.717) is 30.8 Å². The molecular weight excluding hydrogens is 401 g/mol. The van der Waals surface area contributed by atoms with Gasteiger partial charge in [0.2, 0.25) is 0 Å². The summed E-state index contributed by atoms with van der Waals surface area (Å²) in [5, 5.41) is 13.5. The molecule has 7 nitrogen and oxygen atoms in total.